The molecule has 2 fully saturated rings. The van der Waals surface area contributed by atoms with E-state index in [1.807, 2.05) is 60.7 Å². The fourth-order valence-electron chi connectivity index (χ4n) is 6.55. The average Bonchev–Trinajstić information content (AvgIpc) is 3.36. The van der Waals surface area contributed by atoms with Crippen LogP contribution in [0.2, 0.25) is 5.04 Å². The minimum absolute atomic E-state index is 0.204. The molecular weight excluding hydrogens is 584 g/mol. The smallest absolute Gasteiger partial charge is 0.407 e. The van der Waals surface area contributed by atoms with Crippen molar-refractivity contribution >= 4 is 24.8 Å². The molecule has 0 unspecified atom stereocenters. The summed E-state index contributed by atoms with van der Waals surface area (Å²) in [4.78, 5) is 14.8. The van der Waals surface area contributed by atoms with Crippen molar-refractivity contribution in [3.05, 3.63) is 90.5 Å². The highest BCUT2D eigenvalue weighted by atomic mass is 28.4. The topological polar surface area (TPSA) is 116 Å². The van der Waals surface area contributed by atoms with Crippen molar-refractivity contribution in [2.24, 2.45) is 0 Å². The lowest BCUT2D eigenvalue weighted by Gasteiger charge is -2.53. The van der Waals surface area contributed by atoms with Crippen LogP contribution in [0.25, 0.3) is 0 Å². The summed E-state index contributed by atoms with van der Waals surface area (Å²) in [6, 6.07) is 30.7. The fraction of sp³-hybridized carbons (Fsp3) is 0.429. The van der Waals surface area contributed by atoms with Gasteiger partial charge in [0.05, 0.1) is 19.2 Å². The van der Waals surface area contributed by atoms with Gasteiger partial charge in [-0.25, -0.2) is 4.79 Å². The van der Waals surface area contributed by atoms with Crippen molar-refractivity contribution in [1.82, 2.24) is 15.5 Å². The lowest BCUT2D eigenvalue weighted by Crippen LogP contribution is -2.75. The second kappa shape index (κ2) is 13.7. The number of β-amino-alcohol motifs (C(OH)–C–C–N with tert-alkyl or cyclic N) is 1. The zero-order chi connectivity index (χ0) is 32.1. The van der Waals surface area contributed by atoms with Gasteiger partial charge in [-0.15, -0.1) is 0 Å². The van der Waals surface area contributed by atoms with E-state index in [4.69, 9.17) is 13.9 Å². The van der Waals surface area contributed by atoms with Gasteiger partial charge >= 0.3 is 6.09 Å². The van der Waals surface area contributed by atoms with Crippen LogP contribution in [-0.4, -0.2) is 88.1 Å². The highest BCUT2D eigenvalue weighted by Crippen LogP contribution is 2.41. The molecule has 238 valence electrons. The van der Waals surface area contributed by atoms with Gasteiger partial charge in [0.15, 0.2) is 5.60 Å². The molecule has 5 rings (SSSR count). The number of hydrogen-bond donors (Lipinski definition) is 3. The SMILES string of the molecule is COc1ccc(C[C@H]2NC[C@H](O)[C@H]2OC(=O)NCCN2CC(C#N)(O[Si](c3ccccc3)(c3ccccc3)C(C)(C)C)C2)cc1. The third-order valence-electron chi connectivity index (χ3n) is 8.85. The first-order chi connectivity index (χ1) is 21.6. The molecule has 9 nitrogen and oxygen atoms in total. The van der Waals surface area contributed by atoms with Gasteiger partial charge in [-0.1, -0.05) is 93.6 Å². The summed E-state index contributed by atoms with van der Waals surface area (Å²) in [6.07, 6.45) is -1.42. The van der Waals surface area contributed by atoms with Crippen LogP contribution >= 0.6 is 0 Å². The number of nitrogens with zero attached hydrogens (tertiary/aromatic N) is 2. The molecule has 3 atom stereocenters. The summed E-state index contributed by atoms with van der Waals surface area (Å²) in [5.41, 5.74) is 0.0930. The van der Waals surface area contributed by atoms with E-state index < -0.39 is 32.2 Å². The molecule has 1 amide bonds. The third-order valence-corrected chi connectivity index (χ3v) is 13.9. The van der Waals surface area contributed by atoms with Crippen molar-refractivity contribution < 1.29 is 23.8 Å². The molecule has 10 heteroatoms. The van der Waals surface area contributed by atoms with Crippen LogP contribution in [0, 0.1) is 11.3 Å². The van der Waals surface area contributed by atoms with Crippen LogP contribution in [0.5, 0.6) is 5.75 Å². The maximum atomic E-state index is 12.7. The van der Waals surface area contributed by atoms with Crippen LogP contribution in [0.1, 0.15) is 26.3 Å². The standard InChI is InChI=1S/C35H44N4O5Si/c1-34(2,3)45(28-11-7-5-8-12-28,29-13-9-6-10-14-29)44-35(23-36)24-39(25-35)20-19-37-33(41)43-32-30(38-22-31(32)40)21-26-15-17-27(42-4)18-16-26/h5-18,30-32,38,40H,19-22,24-25H2,1-4H3,(H,37,41)/t30-,31+,32+/m1/s1. The molecule has 3 aromatic carbocycles. The Morgan fingerprint density at radius 2 is 1.64 bits per heavy atom. The van der Waals surface area contributed by atoms with E-state index in [2.05, 4.69) is 66.6 Å². The number of carbonyl (C=O) groups is 1. The van der Waals surface area contributed by atoms with Crippen LogP contribution < -0.4 is 25.7 Å². The first kappa shape index (κ1) is 32.7. The summed E-state index contributed by atoms with van der Waals surface area (Å²) in [7, 11) is -1.27. The number of aliphatic hydroxyl groups is 1. The zero-order valence-electron chi connectivity index (χ0n) is 26.5. The zero-order valence-corrected chi connectivity index (χ0v) is 27.5. The molecule has 0 spiro atoms. The summed E-state index contributed by atoms with van der Waals surface area (Å²) in [6.45, 7) is 8.74. The van der Waals surface area contributed by atoms with Crippen LogP contribution in [0.4, 0.5) is 4.79 Å². The van der Waals surface area contributed by atoms with E-state index in [9.17, 15) is 15.2 Å². The molecule has 3 aromatic rings. The van der Waals surface area contributed by atoms with Gasteiger partial charge < -0.3 is 29.6 Å². The average molecular weight is 629 g/mol. The minimum Gasteiger partial charge on any atom is -0.497 e. The molecule has 2 saturated heterocycles. The van der Waals surface area contributed by atoms with Gasteiger partial charge in [0.2, 0.25) is 0 Å². The Kier molecular flexibility index (Phi) is 9.96. The Morgan fingerprint density at radius 3 is 2.18 bits per heavy atom. The Labute approximate surface area is 267 Å². The molecule has 0 saturated carbocycles. The van der Waals surface area contributed by atoms with Gasteiger partial charge in [0.25, 0.3) is 8.32 Å². The third kappa shape index (κ3) is 7.08. The Hall–Kier alpha value is -3.72. The number of likely N-dealkylation sites (tertiary alicyclic amines) is 1. The van der Waals surface area contributed by atoms with E-state index in [1.54, 1.807) is 7.11 Å². The molecule has 0 aliphatic carbocycles. The van der Waals surface area contributed by atoms with Gasteiger partial charge in [-0.3, -0.25) is 4.90 Å². The highest BCUT2D eigenvalue weighted by molar-refractivity contribution is 6.99. The number of alkyl carbamates (subject to hydrolysis) is 1. The van der Waals surface area contributed by atoms with Crippen LogP contribution in [0.3, 0.4) is 0 Å². The van der Waals surface area contributed by atoms with Gasteiger partial charge in [0, 0.05) is 32.7 Å². The summed E-state index contributed by atoms with van der Waals surface area (Å²) in [5.74, 6) is 0.772. The molecule has 2 aliphatic rings. The lowest BCUT2D eigenvalue weighted by atomic mass is 9.96. The monoisotopic (exact) mass is 628 g/mol. The molecule has 0 radical (unpaired) electrons. The van der Waals surface area contributed by atoms with E-state index in [-0.39, 0.29) is 11.1 Å². The van der Waals surface area contributed by atoms with E-state index >= 15 is 0 Å². The quantitative estimate of drug-likeness (QED) is 0.278. The van der Waals surface area contributed by atoms with Gasteiger partial charge in [0.1, 0.15) is 18.0 Å². The predicted octanol–water partition coefficient (Wildman–Crippen LogP) is 2.82. The predicted molar refractivity (Wildman–Crippen MR) is 176 cm³/mol. The second-order valence-corrected chi connectivity index (χ2v) is 17.2. The minimum atomic E-state index is -2.90. The van der Waals surface area contributed by atoms with E-state index in [1.165, 1.54) is 0 Å². The second-order valence-electron chi connectivity index (χ2n) is 13.0. The lowest BCUT2D eigenvalue weighted by molar-refractivity contribution is -0.0412. The maximum absolute atomic E-state index is 12.7. The van der Waals surface area contributed by atoms with Crippen molar-refractivity contribution in [3.8, 4) is 11.8 Å². The molecule has 45 heavy (non-hydrogen) atoms. The van der Waals surface area contributed by atoms with Crippen molar-refractivity contribution in [2.45, 2.75) is 56.1 Å². The summed E-state index contributed by atoms with van der Waals surface area (Å²) in [5, 5.41) is 29.0. The number of aliphatic hydroxyl groups excluding tert-OH is 1. The Bertz CT molecular complexity index is 1410. The van der Waals surface area contributed by atoms with Gasteiger partial charge in [-0.05, 0) is 39.5 Å². The number of ether oxygens (including phenoxy) is 2. The molecule has 0 bridgehead atoms. The van der Waals surface area contributed by atoms with Crippen molar-refractivity contribution in [1.29, 1.82) is 5.26 Å². The first-order valence-corrected chi connectivity index (χ1v) is 17.4. The number of carbonyl (C=O) groups excluding carboxylic acids is 1. The Balaban J connectivity index is 1.18. The molecule has 2 aliphatic heterocycles. The number of benzene rings is 3. The van der Waals surface area contributed by atoms with Crippen molar-refractivity contribution in [3.63, 3.8) is 0 Å². The fourth-order valence-corrected chi connectivity index (χ4v) is 11.2. The normalized spacial score (nSPS) is 21.4. The van der Waals surface area contributed by atoms with Crippen molar-refractivity contribution in [2.75, 3.05) is 39.8 Å². The first-order valence-electron chi connectivity index (χ1n) is 15.5. The van der Waals surface area contributed by atoms with E-state index in [0.29, 0.717) is 39.1 Å². The van der Waals surface area contributed by atoms with E-state index in [0.717, 1.165) is 21.7 Å². The molecule has 2 heterocycles. The summed E-state index contributed by atoms with van der Waals surface area (Å²) >= 11 is 0. The number of rotatable bonds is 11. The van der Waals surface area contributed by atoms with Crippen LogP contribution in [0.15, 0.2) is 84.9 Å². The van der Waals surface area contributed by atoms with Gasteiger partial charge in [-0.2, -0.15) is 5.26 Å². The number of hydrogen-bond acceptors (Lipinski definition) is 8. The molecular formula is C35H44N4O5Si. The molecule has 3 N–H and O–H groups in total. The largest absolute Gasteiger partial charge is 0.497 e. The number of methoxy groups -OCH3 is 1. The number of nitrogens with one attached hydrogen (secondary N) is 2. The molecule has 0 aromatic heterocycles. The summed E-state index contributed by atoms with van der Waals surface area (Å²) < 4.78 is 18.1. The van der Waals surface area contributed by atoms with Crippen LogP contribution in [-0.2, 0) is 15.6 Å². The Morgan fingerprint density at radius 1 is 1.04 bits per heavy atom. The highest BCUT2D eigenvalue weighted by Gasteiger charge is 2.58. The number of nitriles is 1. The maximum Gasteiger partial charge on any atom is 0.407 e. The number of amides is 1.